The van der Waals surface area contributed by atoms with Crippen LogP contribution in [-0.2, 0) is 4.74 Å². The topological polar surface area (TPSA) is 41.6 Å². The van der Waals surface area contributed by atoms with Gasteiger partial charge in [0.15, 0.2) is 11.6 Å². The number of morpholine rings is 1. The van der Waals surface area contributed by atoms with Gasteiger partial charge in [0.05, 0.1) is 13.2 Å². The molecule has 2 amide bonds. The maximum Gasteiger partial charge on any atom is 0.317 e. The number of halogens is 2. The first-order valence-corrected chi connectivity index (χ1v) is 7.16. The molecule has 1 aliphatic heterocycles. The lowest BCUT2D eigenvalue weighted by Gasteiger charge is -2.33. The molecule has 0 radical (unpaired) electrons. The van der Waals surface area contributed by atoms with Crippen molar-refractivity contribution in [2.45, 2.75) is 25.5 Å². The van der Waals surface area contributed by atoms with Crippen molar-refractivity contribution in [3.8, 4) is 0 Å². The molecular weight excluding hydrogens is 278 g/mol. The summed E-state index contributed by atoms with van der Waals surface area (Å²) in [4.78, 5) is 13.8. The fourth-order valence-electron chi connectivity index (χ4n) is 2.52. The third-order valence-electron chi connectivity index (χ3n) is 4.09. The average molecular weight is 296 g/mol. The quantitative estimate of drug-likeness (QED) is 0.911. The SMILES string of the molecule is C[C@@H]1C[C@@H]1NC(=O)N1CCO[C@H](c2ccc(F)c(F)c2)C1. The van der Waals surface area contributed by atoms with Gasteiger partial charge in [-0.1, -0.05) is 13.0 Å². The van der Waals surface area contributed by atoms with E-state index in [-0.39, 0.29) is 12.1 Å². The lowest BCUT2D eigenvalue weighted by atomic mass is 10.1. The molecule has 0 bridgehead atoms. The van der Waals surface area contributed by atoms with Crippen LogP contribution in [0.4, 0.5) is 13.6 Å². The van der Waals surface area contributed by atoms with E-state index in [9.17, 15) is 13.6 Å². The molecule has 1 N–H and O–H groups in total. The molecule has 3 rings (SSSR count). The molecule has 4 nitrogen and oxygen atoms in total. The Morgan fingerprint density at radius 3 is 2.81 bits per heavy atom. The summed E-state index contributed by atoms with van der Waals surface area (Å²) < 4.78 is 31.8. The molecule has 1 aliphatic carbocycles. The zero-order chi connectivity index (χ0) is 15.0. The Balaban J connectivity index is 1.64. The second-order valence-corrected chi connectivity index (χ2v) is 5.75. The van der Waals surface area contributed by atoms with Gasteiger partial charge in [0.2, 0.25) is 0 Å². The monoisotopic (exact) mass is 296 g/mol. The van der Waals surface area contributed by atoms with Crippen LogP contribution in [0, 0.1) is 17.6 Å². The summed E-state index contributed by atoms with van der Waals surface area (Å²) in [6.45, 7) is 3.33. The predicted molar refractivity (Wildman–Crippen MR) is 72.7 cm³/mol. The third kappa shape index (κ3) is 3.15. The minimum absolute atomic E-state index is 0.111. The van der Waals surface area contributed by atoms with Crippen molar-refractivity contribution < 1.29 is 18.3 Å². The average Bonchev–Trinajstić information content (AvgIpc) is 3.17. The second-order valence-electron chi connectivity index (χ2n) is 5.75. The van der Waals surface area contributed by atoms with Crippen molar-refractivity contribution >= 4 is 6.03 Å². The Hall–Kier alpha value is -1.69. The highest BCUT2D eigenvalue weighted by atomic mass is 19.2. The number of urea groups is 1. The van der Waals surface area contributed by atoms with Crippen LogP contribution in [0.5, 0.6) is 0 Å². The van der Waals surface area contributed by atoms with Gasteiger partial charge in [0.1, 0.15) is 6.10 Å². The zero-order valence-electron chi connectivity index (χ0n) is 11.8. The first kappa shape index (κ1) is 14.3. The highest BCUT2D eigenvalue weighted by molar-refractivity contribution is 5.75. The van der Waals surface area contributed by atoms with Gasteiger partial charge in [0.25, 0.3) is 0 Å². The summed E-state index contributed by atoms with van der Waals surface area (Å²) >= 11 is 0. The van der Waals surface area contributed by atoms with Crippen molar-refractivity contribution in [2.75, 3.05) is 19.7 Å². The summed E-state index contributed by atoms with van der Waals surface area (Å²) in [6.07, 6.45) is 0.596. The van der Waals surface area contributed by atoms with Crippen LogP contribution in [0.3, 0.4) is 0 Å². The van der Waals surface area contributed by atoms with Crippen molar-refractivity contribution in [2.24, 2.45) is 5.92 Å². The molecule has 2 fully saturated rings. The van der Waals surface area contributed by atoms with E-state index in [1.54, 1.807) is 4.90 Å². The summed E-state index contributed by atoms with van der Waals surface area (Å²) in [5.74, 6) is -1.24. The molecule has 2 aliphatic rings. The molecule has 1 heterocycles. The molecule has 1 aromatic rings. The third-order valence-corrected chi connectivity index (χ3v) is 4.09. The van der Waals surface area contributed by atoms with Crippen LogP contribution in [0.1, 0.15) is 25.0 Å². The highest BCUT2D eigenvalue weighted by Gasteiger charge is 2.36. The fraction of sp³-hybridized carbons (Fsp3) is 0.533. The Morgan fingerprint density at radius 2 is 2.14 bits per heavy atom. The van der Waals surface area contributed by atoms with Gasteiger partial charge >= 0.3 is 6.03 Å². The van der Waals surface area contributed by atoms with Gasteiger partial charge in [-0.2, -0.15) is 0 Å². The van der Waals surface area contributed by atoms with E-state index in [4.69, 9.17) is 4.74 Å². The van der Waals surface area contributed by atoms with Crippen LogP contribution < -0.4 is 5.32 Å². The Morgan fingerprint density at radius 1 is 1.38 bits per heavy atom. The number of rotatable bonds is 2. The maximum atomic E-state index is 13.3. The number of hydrogen-bond donors (Lipinski definition) is 1. The van der Waals surface area contributed by atoms with Crippen molar-refractivity contribution in [1.29, 1.82) is 0 Å². The van der Waals surface area contributed by atoms with E-state index >= 15 is 0 Å². The summed E-state index contributed by atoms with van der Waals surface area (Å²) in [5.41, 5.74) is 0.547. The lowest BCUT2D eigenvalue weighted by molar-refractivity contribution is -0.0156. The first-order chi connectivity index (χ1) is 10.0. The number of nitrogens with one attached hydrogen (secondary N) is 1. The molecule has 6 heteroatoms. The van der Waals surface area contributed by atoms with E-state index in [1.807, 2.05) is 0 Å². The van der Waals surface area contributed by atoms with Crippen LogP contribution in [-0.4, -0.2) is 36.7 Å². The smallest absolute Gasteiger partial charge is 0.317 e. The van der Waals surface area contributed by atoms with E-state index in [2.05, 4.69) is 12.2 Å². The number of carbonyl (C=O) groups is 1. The van der Waals surface area contributed by atoms with E-state index in [1.165, 1.54) is 6.07 Å². The van der Waals surface area contributed by atoms with Crippen molar-refractivity contribution in [3.05, 3.63) is 35.4 Å². The Kier molecular flexibility index (Phi) is 3.80. The van der Waals surface area contributed by atoms with Gasteiger partial charge in [-0.15, -0.1) is 0 Å². The van der Waals surface area contributed by atoms with Crippen molar-refractivity contribution in [3.63, 3.8) is 0 Å². The van der Waals surface area contributed by atoms with Crippen molar-refractivity contribution in [1.82, 2.24) is 10.2 Å². The van der Waals surface area contributed by atoms with Crippen LogP contribution in [0.25, 0.3) is 0 Å². The summed E-state index contributed by atoms with van der Waals surface area (Å²) in [5, 5.41) is 2.96. The van der Waals surface area contributed by atoms with Gasteiger partial charge in [-0.3, -0.25) is 0 Å². The van der Waals surface area contributed by atoms with Gasteiger partial charge in [-0.05, 0) is 30.0 Å². The number of carbonyl (C=O) groups excluding carboxylic acids is 1. The second kappa shape index (κ2) is 5.60. The van der Waals surface area contributed by atoms with Gasteiger partial charge in [-0.25, -0.2) is 13.6 Å². The standard InChI is InChI=1S/C15H18F2N2O2/c1-9-6-13(9)18-15(20)19-4-5-21-14(8-19)10-2-3-11(16)12(17)7-10/h2-3,7,9,13-14H,4-6,8H2,1H3,(H,18,20)/t9-,13+,14+/m1/s1. The van der Waals surface area contributed by atoms with Crippen LogP contribution in [0.2, 0.25) is 0 Å². The number of ether oxygens (including phenoxy) is 1. The molecule has 0 aromatic heterocycles. The minimum Gasteiger partial charge on any atom is -0.370 e. The summed E-state index contributed by atoms with van der Waals surface area (Å²) in [7, 11) is 0. The maximum absolute atomic E-state index is 13.3. The van der Waals surface area contributed by atoms with E-state index in [0.29, 0.717) is 31.2 Å². The normalized spacial score (nSPS) is 28.3. The molecule has 114 valence electrons. The van der Waals surface area contributed by atoms with Gasteiger partial charge < -0.3 is 15.0 Å². The molecule has 0 spiro atoms. The van der Waals surface area contributed by atoms with E-state index in [0.717, 1.165) is 18.6 Å². The molecule has 21 heavy (non-hydrogen) atoms. The van der Waals surface area contributed by atoms with Crippen LogP contribution in [0.15, 0.2) is 18.2 Å². The Bertz CT molecular complexity index is 552. The molecule has 1 saturated carbocycles. The highest BCUT2D eigenvalue weighted by Crippen LogP contribution is 2.30. The molecule has 1 aromatic carbocycles. The summed E-state index contributed by atoms with van der Waals surface area (Å²) in [6, 6.07) is 3.86. The molecule has 0 unspecified atom stereocenters. The number of hydrogen-bond acceptors (Lipinski definition) is 2. The van der Waals surface area contributed by atoms with Gasteiger partial charge in [0, 0.05) is 12.6 Å². The predicted octanol–water partition coefficient (Wildman–Crippen LogP) is 2.46. The minimum atomic E-state index is -0.899. The van der Waals surface area contributed by atoms with E-state index < -0.39 is 17.7 Å². The largest absolute Gasteiger partial charge is 0.370 e. The molecular formula is C15H18F2N2O2. The Labute approximate surface area is 122 Å². The van der Waals surface area contributed by atoms with Crippen LogP contribution >= 0.6 is 0 Å². The lowest BCUT2D eigenvalue weighted by Crippen LogP contribution is -2.48. The number of benzene rings is 1. The number of amides is 2. The molecule has 3 atom stereocenters. The molecule has 1 saturated heterocycles. The fourth-order valence-corrected chi connectivity index (χ4v) is 2.52. The first-order valence-electron chi connectivity index (χ1n) is 7.16. The number of nitrogens with zero attached hydrogens (tertiary/aromatic N) is 1. The zero-order valence-corrected chi connectivity index (χ0v) is 11.8.